The van der Waals surface area contributed by atoms with Gasteiger partial charge in [-0.2, -0.15) is 0 Å². The van der Waals surface area contributed by atoms with Gasteiger partial charge in [-0.05, 0) is 25.5 Å². The summed E-state index contributed by atoms with van der Waals surface area (Å²) >= 11 is 0. The molecule has 3 rings (SSSR count). The molecule has 1 aromatic heterocycles. The van der Waals surface area contributed by atoms with Crippen molar-refractivity contribution >= 4 is 11.8 Å². The van der Waals surface area contributed by atoms with Gasteiger partial charge in [0.05, 0.1) is 0 Å². The van der Waals surface area contributed by atoms with E-state index in [-0.39, 0.29) is 5.84 Å². The number of fused-ring (bicyclic) bond motifs is 1. The molecule has 2 aliphatic heterocycles. The van der Waals surface area contributed by atoms with Crippen molar-refractivity contribution in [3.05, 3.63) is 18.0 Å². The SMILES string of the molecule is N/C(=N/O)c1ccnc(N2CCN3CCCCC3C2)n1. The summed E-state index contributed by atoms with van der Waals surface area (Å²) in [7, 11) is 0. The Labute approximate surface area is 118 Å². The molecule has 0 saturated carbocycles. The first kappa shape index (κ1) is 13.1. The third kappa shape index (κ3) is 2.53. The molecular weight excluding hydrogens is 256 g/mol. The number of oxime groups is 1. The van der Waals surface area contributed by atoms with Crippen molar-refractivity contribution in [3.8, 4) is 0 Å². The molecule has 2 aliphatic rings. The second-order valence-corrected chi connectivity index (χ2v) is 5.36. The lowest BCUT2D eigenvalue weighted by Gasteiger charge is -2.44. The highest BCUT2D eigenvalue weighted by Crippen LogP contribution is 2.23. The lowest BCUT2D eigenvalue weighted by atomic mass is 10.00. The molecule has 2 fully saturated rings. The summed E-state index contributed by atoms with van der Waals surface area (Å²) in [5.41, 5.74) is 6.04. The Morgan fingerprint density at radius 1 is 1.35 bits per heavy atom. The molecule has 0 aliphatic carbocycles. The van der Waals surface area contributed by atoms with Gasteiger partial charge in [-0.25, -0.2) is 9.97 Å². The van der Waals surface area contributed by atoms with E-state index in [1.807, 2.05) is 0 Å². The molecule has 1 aromatic rings. The van der Waals surface area contributed by atoms with Crippen LogP contribution in [0.5, 0.6) is 0 Å². The van der Waals surface area contributed by atoms with E-state index < -0.39 is 0 Å². The van der Waals surface area contributed by atoms with Crippen molar-refractivity contribution < 1.29 is 5.21 Å². The maximum Gasteiger partial charge on any atom is 0.226 e. The Hall–Kier alpha value is -1.89. The van der Waals surface area contributed by atoms with Gasteiger partial charge in [-0.3, -0.25) is 4.90 Å². The molecule has 0 spiro atoms. The standard InChI is InChI=1S/C13H20N6O/c14-12(17-20)11-4-5-15-13(16-11)19-8-7-18-6-2-1-3-10(18)9-19/h4-5,10,20H,1-3,6-9H2,(H2,14,17). The van der Waals surface area contributed by atoms with Crippen molar-refractivity contribution in [3.63, 3.8) is 0 Å². The number of hydrogen-bond donors (Lipinski definition) is 2. The summed E-state index contributed by atoms with van der Waals surface area (Å²) in [6, 6.07) is 2.25. The second kappa shape index (κ2) is 5.62. The summed E-state index contributed by atoms with van der Waals surface area (Å²) in [4.78, 5) is 13.5. The maximum atomic E-state index is 8.73. The van der Waals surface area contributed by atoms with Crippen LogP contribution in [0.3, 0.4) is 0 Å². The van der Waals surface area contributed by atoms with E-state index in [9.17, 15) is 0 Å². The molecule has 7 nitrogen and oxygen atoms in total. The van der Waals surface area contributed by atoms with Gasteiger partial charge in [0, 0.05) is 31.9 Å². The van der Waals surface area contributed by atoms with Crippen LogP contribution in [0.4, 0.5) is 5.95 Å². The van der Waals surface area contributed by atoms with Crippen molar-refractivity contribution in [1.82, 2.24) is 14.9 Å². The van der Waals surface area contributed by atoms with Crippen molar-refractivity contribution in [1.29, 1.82) is 0 Å². The molecule has 0 aromatic carbocycles. The first-order valence-electron chi connectivity index (χ1n) is 7.08. The van der Waals surface area contributed by atoms with Crippen molar-refractivity contribution in [2.24, 2.45) is 10.9 Å². The van der Waals surface area contributed by atoms with Gasteiger partial charge in [-0.15, -0.1) is 0 Å². The number of piperidine rings is 1. The van der Waals surface area contributed by atoms with Gasteiger partial charge >= 0.3 is 0 Å². The van der Waals surface area contributed by atoms with Crippen LogP contribution in [0.1, 0.15) is 25.0 Å². The first-order chi connectivity index (χ1) is 9.78. The Kier molecular flexibility index (Phi) is 3.68. The van der Waals surface area contributed by atoms with Crippen molar-refractivity contribution in [2.45, 2.75) is 25.3 Å². The maximum absolute atomic E-state index is 8.73. The molecular formula is C13H20N6O. The van der Waals surface area contributed by atoms with Gasteiger partial charge in [0.25, 0.3) is 0 Å². The van der Waals surface area contributed by atoms with E-state index in [0.29, 0.717) is 17.7 Å². The average molecular weight is 276 g/mol. The van der Waals surface area contributed by atoms with Crippen LogP contribution < -0.4 is 10.6 Å². The minimum Gasteiger partial charge on any atom is -0.409 e. The lowest BCUT2D eigenvalue weighted by molar-refractivity contribution is 0.133. The molecule has 2 saturated heterocycles. The predicted octanol–water partition coefficient (Wildman–Crippen LogP) is 0.246. The summed E-state index contributed by atoms with van der Waals surface area (Å²) in [5, 5.41) is 11.7. The van der Waals surface area contributed by atoms with E-state index >= 15 is 0 Å². The van der Waals surface area contributed by atoms with Crippen LogP contribution in [0.15, 0.2) is 17.4 Å². The highest BCUT2D eigenvalue weighted by molar-refractivity contribution is 5.95. The fraction of sp³-hybridized carbons (Fsp3) is 0.615. The van der Waals surface area contributed by atoms with Gasteiger partial charge in [0.2, 0.25) is 5.95 Å². The van der Waals surface area contributed by atoms with E-state index in [0.717, 1.165) is 19.6 Å². The molecule has 1 atom stereocenters. The molecule has 3 heterocycles. The summed E-state index contributed by atoms with van der Waals surface area (Å²) in [6.07, 6.45) is 5.52. The zero-order chi connectivity index (χ0) is 13.9. The fourth-order valence-corrected chi connectivity index (χ4v) is 3.03. The third-order valence-corrected chi connectivity index (χ3v) is 4.13. The van der Waals surface area contributed by atoms with Gasteiger partial charge in [0.15, 0.2) is 5.84 Å². The minimum absolute atomic E-state index is 0.0185. The van der Waals surface area contributed by atoms with Gasteiger partial charge in [0.1, 0.15) is 5.69 Å². The number of nitrogens with zero attached hydrogens (tertiary/aromatic N) is 5. The molecule has 3 N–H and O–H groups in total. The molecule has 0 bridgehead atoms. The third-order valence-electron chi connectivity index (χ3n) is 4.13. The molecule has 1 unspecified atom stereocenters. The van der Waals surface area contributed by atoms with Crippen LogP contribution >= 0.6 is 0 Å². The van der Waals surface area contributed by atoms with Crippen molar-refractivity contribution in [2.75, 3.05) is 31.1 Å². The number of hydrogen-bond acceptors (Lipinski definition) is 6. The minimum atomic E-state index is 0.0185. The van der Waals surface area contributed by atoms with Crippen LogP contribution in [0.2, 0.25) is 0 Å². The van der Waals surface area contributed by atoms with Crippen LogP contribution in [0.25, 0.3) is 0 Å². The van der Waals surface area contributed by atoms with E-state index in [1.165, 1.54) is 25.8 Å². The highest BCUT2D eigenvalue weighted by atomic mass is 16.4. The molecule has 7 heteroatoms. The van der Waals surface area contributed by atoms with E-state index in [2.05, 4.69) is 24.9 Å². The second-order valence-electron chi connectivity index (χ2n) is 5.36. The van der Waals surface area contributed by atoms with E-state index in [4.69, 9.17) is 10.9 Å². The first-order valence-corrected chi connectivity index (χ1v) is 7.08. The summed E-state index contributed by atoms with van der Waals surface area (Å²) < 4.78 is 0. The molecule has 20 heavy (non-hydrogen) atoms. The number of amidine groups is 1. The summed E-state index contributed by atoms with van der Waals surface area (Å²) in [5.74, 6) is 0.685. The fourth-order valence-electron chi connectivity index (χ4n) is 3.03. The number of nitrogens with two attached hydrogens (primary N) is 1. The normalized spacial score (nSPS) is 24.5. The Morgan fingerprint density at radius 2 is 2.25 bits per heavy atom. The Morgan fingerprint density at radius 3 is 3.10 bits per heavy atom. The predicted molar refractivity (Wildman–Crippen MR) is 76.0 cm³/mol. The zero-order valence-corrected chi connectivity index (χ0v) is 11.4. The van der Waals surface area contributed by atoms with E-state index in [1.54, 1.807) is 12.3 Å². The number of rotatable bonds is 2. The smallest absolute Gasteiger partial charge is 0.226 e. The molecule has 0 amide bonds. The Bertz CT molecular complexity index is 505. The number of anilines is 1. The van der Waals surface area contributed by atoms with Crippen LogP contribution in [-0.2, 0) is 0 Å². The molecule has 108 valence electrons. The Balaban J connectivity index is 1.76. The average Bonchev–Trinajstić information content (AvgIpc) is 2.53. The number of piperazine rings is 1. The zero-order valence-electron chi connectivity index (χ0n) is 11.4. The van der Waals surface area contributed by atoms with Gasteiger partial charge < -0.3 is 15.8 Å². The molecule has 0 radical (unpaired) electrons. The largest absolute Gasteiger partial charge is 0.409 e. The highest BCUT2D eigenvalue weighted by Gasteiger charge is 2.29. The lowest BCUT2D eigenvalue weighted by Crippen LogP contribution is -2.55. The topological polar surface area (TPSA) is 90.9 Å². The summed E-state index contributed by atoms with van der Waals surface area (Å²) in [6.45, 7) is 4.15. The van der Waals surface area contributed by atoms with Crippen LogP contribution in [-0.4, -0.2) is 58.1 Å². The van der Waals surface area contributed by atoms with Gasteiger partial charge in [-0.1, -0.05) is 11.6 Å². The monoisotopic (exact) mass is 276 g/mol. The van der Waals surface area contributed by atoms with Crippen LogP contribution in [0, 0.1) is 0 Å². The quantitative estimate of drug-likeness (QED) is 0.348. The number of aromatic nitrogens is 2.